The SMILES string of the molecule is O=c1n(CC(O)CO)c2ccccc2n1C1CCN(C[C@H]2[C@@H]3CC[C@@H](C3)C23CC3)CC1. The lowest BCUT2D eigenvalue weighted by Crippen LogP contribution is -2.42. The molecule has 6 rings (SSSR count). The van der Waals surface area contributed by atoms with Crippen molar-refractivity contribution in [3.8, 4) is 0 Å². The summed E-state index contributed by atoms with van der Waals surface area (Å²) < 4.78 is 3.59. The van der Waals surface area contributed by atoms with Crippen LogP contribution in [-0.4, -0.2) is 56.6 Å². The number of para-hydroxylation sites is 2. The van der Waals surface area contributed by atoms with Crippen molar-refractivity contribution in [2.75, 3.05) is 26.2 Å². The standard InChI is InChI=1S/C25H35N3O3/c29-16-20(30)14-27-22-3-1-2-4-23(22)28(24(27)31)19-7-11-26(12-8-19)15-21-17-5-6-18(13-17)25(21)9-10-25/h1-4,17-21,29-30H,5-16H2/t17-,18+,20?,21+/m1/s1. The smallest absolute Gasteiger partial charge is 0.329 e. The van der Waals surface area contributed by atoms with Gasteiger partial charge < -0.3 is 15.1 Å². The molecule has 6 nitrogen and oxygen atoms in total. The van der Waals surface area contributed by atoms with E-state index in [4.69, 9.17) is 0 Å². The lowest BCUT2D eigenvalue weighted by molar-refractivity contribution is 0.0806. The van der Waals surface area contributed by atoms with E-state index in [0.717, 1.165) is 60.1 Å². The van der Waals surface area contributed by atoms with Gasteiger partial charge in [-0.1, -0.05) is 12.1 Å². The third-order valence-corrected chi connectivity index (χ3v) is 9.27. The summed E-state index contributed by atoms with van der Waals surface area (Å²) in [5.41, 5.74) is 2.45. The van der Waals surface area contributed by atoms with Crippen molar-refractivity contribution in [3.63, 3.8) is 0 Å². The van der Waals surface area contributed by atoms with E-state index in [2.05, 4.69) is 4.90 Å². The van der Waals surface area contributed by atoms with Gasteiger partial charge in [0.05, 0.1) is 30.3 Å². The first-order valence-electron chi connectivity index (χ1n) is 12.3. The number of aliphatic hydroxyl groups is 2. The molecule has 4 aliphatic rings. The molecular formula is C25H35N3O3. The quantitative estimate of drug-likeness (QED) is 0.747. The fourth-order valence-electron chi connectivity index (χ4n) is 7.60. The lowest BCUT2D eigenvalue weighted by atomic mass is 9.76. The molecule has 6 heteroatoms. The molecule has 1 aromatic carbocycles. The third-order valence-electron chi connectivity index (χ3n) is 9.27. The molecule has 1 unspecified atom stereocenters. The van der Waals surface area contributed by atoms with Crippen molar-refractivity contribution in [2.45, 2.75) is 63.6 Å². The normalized spacial score (nSPS) is 31.1. The number of piperidine rings is 1. The molecule has 4 atom stereocenters. The first kappa shape index (κ1) is 20.0. The predicted octanol–water partition coefficient (Wildman–Crippen LogP) is 2.62. The molecule has 0 radical (unpaired) electrons. The van der Waals surface area contributed by atoms with E-state index in [1.54, 1.807) is 4.57 Å². The Bertz CT molecular complexity index is 1010. The summed E-state index contributed by atoms with van der Waals surface area (Å²) in [5, 5.41) is 19.2. The number of hydrogen-bond acceptors (Lipinski definition) is 4. The van der Waals surface area contributed by atoms with Crippen LogP contribution in [0.1, 0.15) is 51.0 Å². The molecule has 31 heavy (non-hydrogen) atoms. The summed E-state index contributed by atoms with van der Waals surface area (Å²) in [6, 6.07) is 8.06. The maximum atomic E-state index is 13.3. The molecule has 3 aliphatic carbocycles. The van der Waals surface area contributed by atoms with E-state index < -0.39 is 6.10 Å². The number of aliphatic hydroxyl groups excluding tert-OH is 2. The average molecular weight is 426 g/mol. The van der Waals surface area contributed by atoms with Gasteiger partial charge in [-0.3, -0.25) is 9.13 Å². The number of likely N-dealkylation sites (tertiary alicyclic amines) is 1. The Morgan fingerprint density at radius 2 is 1.81 bits per heavy atom. The number of hydrogen-bond donors (Lipinski definition) is 2. The van der Waals surface area contributed by atoms with Gasteiger partial charge >= 0.3 is 5.69 Å². The second-order valence-corrected chi connectivity index (χ2v) is 10.7. The van der Waals surface area contributed by atoms with Gasteiger partial charge in [-0.15, -0.1) is 0 Å². The highest BCUT2D eigenvalue weighted by molar-refractivity contribution is 5.76. The molecule has 2 heterocycles. The summed E-state index contributed by atoms with van der Waals surface area (Å²) >= 11 is 0. The van der Waals surface area contributed by atoms with Crippen LogP contribution in [0.2, 0.25) is 0 Å². The second kappa shape index (κ2) is 7.46. The molecular weight excluding hydrogens is 390 g/mol. The number of aromatic nitrogens is 2. The zero-order valence-electron chi connectivity index (χ0n) is 18.3. The Morgan fingerprint density at radius 3 is 2.52 bits per heavy atom. The molecule has 1 spiro atoms. The highest BCUT2D eigenvalue weighted by atomic mass is 16.3. The lowest BCUT2D eigenvalue weighted by Gasteiger charge is -2.39. The summed E-state index contributed by atoms with van der Waals surface area (Å²) in [7, 11) is 0. The van der Waals surface area contributed by atoms with Crippen molar-refractivity contribution in [1.29, 1.82) is 0 Å². The number of fused-ring (bicyclic) bond motifs is 4. The van der Waals surface area contributed by atoms with E-state index in [1.807, 2.05) is 28.8 Å². The Hall–Kier alpha value is -1.63. The molecule has 1 aromatic heterocycles. The summed E-state index contributed by atoms with van der Waals surface area (Å²) in [5.74, 6) is 2.93. The summed E-state index contributed by atoms with van der Waals surface area (Å²) in [4.78, 5) is 16.0. The largest absolute Gasteiger partial charge is 0.394 e. The molecule has 2 aromatic rings. The number of imidazole rings is 1. The van der Waals surface area contributed by atoms with Crippen molar-refractivity contribution >= 4 is 11.0 Å². The van der Waals surface area contributed by atoms with E-state index >= 15 is 0 Å². The van der Waals surface area contributed by atoms with Crippen LogP contribution in [0.5, 0.6) is 0 Å². The molecule has 168 valence electrons. The number of benzene rings is 1. The monoisotopic (exact) mass is 425 g/mol. The second-order valence-electron chi connectivity index (χ2n) is 10.7. The molecule has 1 saturated heterocycles. The van der Waals surface area contributed by atoms with Crippen LogP contribution in [0.25, 0.3) is 11.0 Å². The van der Waals surface area contributed by atoms with Gasteiger partial charge in [0.2, 0.25) is 0 Å². The fraction of sp³-hybridized carbons (Fsp3) is 0.720. The van der Waals surface area contributed by atoms with E-state index in [-0.39, 0.29) is 24.9 Å². The van der Waals surface area contributed by atoms with E-state index in [0.29, 0.717) is 0 Å². The molecule has 2 N–H and O–H groups in total. The van der Waals surface area contributed by atoms with Crippen molar-refractivity contribution in [2.24, 2.45) is 23.2 Å². The first-order chi connectivity index (χ1) is 15.1. The predicted molar refractivity (Wildman–Crippen MR) is 120 cm³/mol. The highest BCUT2D eigenvalue weighted by Gasteiger charge is 2.63. The fourth-order valence-corrected chi connectivity index (χ4v) is 7.60. The van der Waals surface area contributed by atoms with Crippen LogP contribution in [0.3, 0.4) is 0 Å². The van der Waals surface area contributed by atoms with Gasteiger partial charge in [-0.25, -0.2) is 4.79 Å². The van der Waals surface area contributed by atoms with Crippen molar-refractivity contribution < 1.29 is 10.2 Å². The molecule has 0 amide bonds. The van der Waals surface area contributed by atoms with E-state index in [1.165, 1.54) is 38.6 Å². The van der Waals surface area contributed by atoms with Crippen LogP contribution < -0.4 is 5.69 Å². The summed E-state index contributed by atoms with van der Waals surface area (Å²) in [6.07, 6.45) is 8.48. The molecule has 1 aliphatic heterocycles. The maximum Gasteiger partial charge on any atom is 0.329 e. The topological polar surface area (TPSA) is 70.6 Å². The number of rotatable bonds is 6. The Morgan fingerprint density at radius 1 is 1.06 bits per heavy atom. The Balaban J connectivity index is 1.19. The van der Waals surface area contributed by atoms with Gasteiger partial charge in [-0.2, -0.15) is 0 Å². The average Bonchev–Trinajstić information content (AvgIpc) is 3.21. The van der Waals surface area contributed by atoms with Gasteiger partial charge in [0.25, 0.3) is 0 Å². The zero-order chi connectivity index (χ0) is 21.2. The van der Waals surface area contributed by atoms with E-state index in [9.17, 15) is 15.0 Å². The highest BCUT2D eigenvalue weighted by Crippen LogP contribution is 2.71. The van der Waals surface area contributed by atoms with Crippen LogP contribution in [-0.2, 0) is 6.54 Å². The minimum absolute atomic E-state index is 0.0582. The van der Waals surface area contributed by atoms with Crippen LogP contribution >= 0.6 is 0 Å². The Labute approximate surface area is 183 Å². The minimum Gasteiger partial charge on any atom is -0.394 e. The van der Waals surface area contributed by atoms with Crippen molar-refractivity contribution in [3.05, 3.63) is 34.7 Å². The van der Waals surface area contributed by atoms with Crippen LogP contribution in [0, 0.1) is 23.2 Å². The van der Waals surface area contributed by atoms with Gasteiger partial charge in [0.15, 0.2) is 0 Å². The Kier molecular flexibility index (Phi) is 4.82. The number of nitrogens with zero attached hydrogens (tertiary/aromatic N) is 3. The van der Waals surface area contributed by atoms with Crippen LogP contribution in [0.15, 0.2) is 29.1 Å². The minimum atomic E-state index is -0.921. The van der Waals surface area contributed by atoms with Gasteiger partial charge in [-0.05, 0) is 80.2 Å². The van der Waals surface area contributed by atoms with Gasteiger partial charge in [0.1, 0.15) is 0 Å². The van der Waals surface area contributed by atoms with Crippen molar-refractivity contribution in [1.82, 2.24) is 14.0 Å². The summed E-state index contributed by atoms with van der Waals surface area (Å²) in [6.45, 7) is 3.20. The molecule has 3 saturated carbocycles. The molecule has 4 fully saturated rings. The van der Waals surface area contributed by atoms with Crippen LogP contribution in [0.4, 0.5) is 0 Å². The van der Waals surface area contributed by atoms with Gasteiger partial charge in [0, 0.05) is 25.7 Å². The first-order valence-corrected chi connectivity index (χ1v) is 12.3. The maximum absolute atomic E-state index is 13.3. The third kappa shape index (κ3) is 3.13. The molecule has 2 bridgehead atoms. The zero-order valence-corrected chi connectivity index (χ0v) is 18.3.